The van der Waals surface area contributed by atoms with Crippen molar-refractivity contribution >= 4 is 17.3 Å². The topological polar surface area (TPSA) is 30.2 Å². The maximum atomic E-state index is 13.1. The smallest absolute Gasteiger partial charge is 0.420 e. The molecule has 0 aliphatic carbocycles. The van der Waals surface area contributed by atoms with Crippen molar-refractivity contribution in [3.63, 3.8) is 0 Å². The van der Waals surface area contributed by atoms with Gasteiger partial charge in [-0.05, 0) is 6.07 Å². The first-order valence-corrected chi connectivity index (χ1v) is 4.16. The number of fused-ring (bicyclic) bond motifs is 1. The number of carbonyl (C=O) groups is 1. The van der Waals surface area contributed by atoms with Gasteiger partial charge in [0.2, 0.25) is 0 Å². The molecule has 0 saturated heterocycles. The van der Waals surface area contributed by atoms with Gasteiger partial charge in [-0.3, -0.25) is 4.79 Å². The van der Waals surface area contributed by atoms with E-state index in [4.69, 9.17) is 0 Å². The number of rotatable bonds is 1. The summed E-state index contributed by atoms with van der Waals surface area (Å²) in [7, 11) is 0. The SMILES string of the molecule is O=Cc1cc2c(C(F)(F)F)coc2cc1F. The fraction of sp³-hybridized carbons (Fsp3) is 0.100. The van der Waals surface area contributed by atoms with Crippen LogP contribution in [0.1, 0.15) is 15.9 Å². The molecule has 0 radical (unpaired) electrons. The summed E-state index contributed by atoms with van der Waals surface area (Å²) in [4.78, 5) is 10.4. The Morgan fingerprint density at radius 1 is 1.25 bits per heavy atom. The summed E-state index contributed by atoms with van der Waals surface area (Å²) in [5.41, 5.74) is -1.69. The van der Waals surface area contributed by atoms with E-state index in [0.29, 0.717) is 6.26 Å². The number of furan rings is 1. The number of carbonyl (C=O) groups excluding carboxylic acids is 1. The minimum atomic E-state index is -4.59. The molecular formula is C10H4F4O2. The van der Waals surface area contributed by atoms with E-state index in [0.717, 1.165) is 12.1 Å². The Kier molecular flexibility index (Phi) is 2.22. The van der Waals surface area contributed by atoms with Gasteiger partial charge in [-0.15, -0.1) is 0 Å². The zero-order valence-corrected chi connectivity index (χ0v) is 7.64. The highest BCUT2D eigenvalue weighted by Gasteiger charge is 2.34. The quantitative estimate of drug-likeness (QED) is 0.557. The van der Waals surface area contributed by atoms with Crippen LogP contribution >= 0.6 is 0 Å². The second-order valence-corrected chi connectivity index (χ2v) is 3.13. The summed E-state index contributed by atoms with van der Waals surface area (Å²) in [6.45, 7) is 0. The minimum Gasteiger partial charge on any atom is -0.464 e. The van der Waals surface area contributed by atoms with E-state index in [1.807, 2.05) is 0 Å². The molecule has 0 spiro atoms. The Labute approximate surface area is 86.5 Å². The molecule has 0 aliphatic rings. The number of halogens is 4. The van der Waals surface area contributed by atoms with Crippen LogP contribution in [0.3, 0.4) is 0 Å². The average Bonchev–Trinajstić information content (AvgIpc) is 2.58. The monoisotopic (exact) mass is 232 g/mol. The van der Waals surface area contributed by atoms with E-state index in [2.05, 4.69) is 4.42 Å². The van der Waals surface area contributed by atoms with Crippen molar-refractivity contribution in [3.8, 4) is 0 Å². The van der Waals surface area contributed by atoms with Gasteiger partial charge in [-0.2, -0.15) is 13.2 Å². The van der Waals surface area contributed by atoms with Crippen LogP contribution in [-0.2, 0) is 6.18 Å². The first kappa shape index (κ1) is 10.7. The predicted molar refractivity (Wildman–Crippen MR) is 46.6 cm³/mol. The van der Waals surface area contributed by atoms with Crippen LogP contribution in [-0.4, -0.2) is 6.29 Å². The third-order valence-electron chi connectivity index (χ3n) is 2.13. The minimum absolute atomic E-state index is 0.155. The molecular weight excluding hydrogens is 228 g/mol. The van der Waals surface area contributed by atoms with Crippen LogP contribution in [0.5, 0.6) is 0 Å². The van der Waals surface area contributed by atoms with Gasteiger partial charge < -0.3 is 4.42 Å². The molecule has 6 heteroatoms. The Balaban J connectivity index is 2.77. The predicted octanol–water partition coefficient (Wildman–Crippen LogP) is 3.40. The van der Waals surface area contributed by atoms with Gasteiger partial charge in [0.05, 0.1) is 5.56 Å². The molecule has 0 bridgehead atoms. The molecule has 2 nitrogen and oxygen atoms in total. The van der Waals surface area contributed by atoms with Crippen LogP contribution in [0, 0.1) is 5.82 Å². The molecule has 0 unspecified atom stereocenters. The number of alkyl halides is 3. The molecule has 2 rings (SSSR count). The molecule has 0 atom stereocenters. The van der Waals surface area contributed by atoms with Gasteiger partial charge in [-0.25, -0.2) is 4.39 Å². The summed E-state index contributed by atoms with van der Waals surface area (Å²) in [6, 6.07) is 1.58. The fourth-order valence-corrected chi connectivity index (χ4v) is 1.38. The molecule has 0 fully saturated rings. The van der Waals surface area contributed by atoms with Crippen molar-refractivity contribution in [2.75, 3.05) is 0 Å². The molecule has 1 heterocycles. The maximum absolute atomic E-state index is 13.1. The van der Waals surface area contributed by atoms with Crippen molar-refractivity contribution in [2.24, 2.45) is 0 Å². The lowest BCUT2D eigenvalue weighted by Gasteiger charge is -2.03. The van der Waals surface area contributed by atoms with Crippen molar-refractivity contribution in [1.29, 1.82) is 0 Å². The van der Waals surface area contributed by atoms with Crippen molar-refractivity contribution in [1.82, 2.24) is 0 Å². The van der Waals surface area contributed by atoms with Crippen LogP contribution in [0.4, 0.5) is 17.6 Å². The van der Waals surface area contributed by atoms with Crippen molar-refractivity contribution < 1.29 is 26.8 Å². The Hall–Kier alpha value is -1.85. The lowest BCUT2D eigenvalue weighted by Crippen LogP contribution is -2.03. The first-order valence-electron chi connectivity index (χ1n) is 4.16. The molecule has 2 aromatic rings. The second kappa shape index (κ2) is 3.33. The van der Waals surface area contributed by atoms with Crippen LogP contribution in [0.2, 0.25) is 0 Å². The summed E-state index contributed by atoms with van der Waals surface area (Å²) in [6.07, 6.45) is -3.94. The molecule has 84 valence electrons. The molecule has 1 aromatic heterocycles. The van der Waals surface area contributed by atoms with Gasteiger partial charge in [0.1, 0.15) is 23.2 Å². The summed E-state index contributed by atoms with van der Waals surface area (Å²) < 4.78 is 55.0. The Morgan fingerprint density at radius 3 is 2.50 bits per heavy atom. The highest BCUT2D eigenvalue weighted by molar-refractivity contribution is 5.88. The number of hydrogen-bond acceptors (Lipinski definition) is 2. The van der Waals surface area contributed by atoms with Crippen molar-refractivity contribution in [3.05, 3.63) is 35.3 Å². The van der Waals surface area contributed by atoms with Crippen molar-refractivity contribution in [2.45, 2.75) is 6.18 Å². The molecule has 0 saturated carbocycles. The molecule has 0 amide bonds. The van der Waals surface area contributed by atoms with E-state index in [1.165, 1.54) is 0 Å². The standard InChI is InChI=1S/C10H4F4O2/c11-8-2-9-6(1-5(8)3-15)7(4-16-9)10(12,13)14/h1-4H. The largest absolute Gasteiger partial charge is 0.464 e. The highest BCUT2D eigenvalue weighted by Crippen LogP contribution is 2.36. The van der Waals surface area contributed by atoms with Crippen LogP contribution in [0.15, 0.2) is 22.8 Å². The van der Waals surface area contributed by atoms with E-state index >= 15 is 0 Å². The summed E-state index contributed by atoms with van der Waals surface area (Å²) >= 11 is 0. The van der Waals surface area contributed by atoms with Gasteiger partial charge in [0.15, 0.2) is 6.29 Å². The number of aldehydes is 1. The lowest BCUT2D eigenvalue weighted by atomic mass is 10.1. The summed E-state index contributed by atoms with van der Waals surface area (Å²) in [5.74, 6) is -0.912. The lowest BCUT2D eigenvalue weighted by molar-refractivity contribution is -0.136. The van der Waals surface area contributed by atoms with Gasteiger partial charge in [0, 0.05) is 11.5 Å². The van der Waals surface area contributed by atoms with E-state index < -0.39 is 23.1 Å². The molecule has 0 N–H and O–H groups in total. The fourth-order valence-electron chi connectivity index (χ4n) is 1.38. The summed E-state index contributed by atoms with van der Waals surface area (Å²) in [5, 5.41) is -0.323. The van der Waals surface area contributed by atoms with Crippen LogP contribution < -0.4 is 0 Å². The third kappa shape index (κ3) is 1.56. The van der Waals surface area contributed by atoms with Gasteiger partial charge in [0.25, 0.3) is 0 Å². The highest BCUT2D eigenvalue weighted by atomic mass is 19.4. The third-order valence-corrected chi connectivity index (χ3v) is 2.13. The number of hydrogen-bond donors (Lipinski definition) is 0. The Bertz CT molecular complexity index is 554. The van der Waals surface area contributed by atoms with E-state index in [1.54, 1.807) is 0 Å². The van der Waals surface area contributed by atoms with E-state index in [-0.39, 0.29) is 17.3 Å². The number of benzene rings is 1. The molecule has 16 heavy (non-hydrogen) atoms. The second-order valence-electron chi connectivity index (χ2n) is 3.13. The maximum Gasteiger partial charge on any atom is 0.420 e. The average molecular weight is 232 g/mol. The van der Waals surface area contributed by atoms with Gasteiger partial charge >= 0.3 is 6.18 Å². The molecule has 1 aromatic carbocycles. The van der Waals surface area contributed by atoms with Gasteiger partial charge in [-0.1, -0.05) is 0 Å². The molecule has 0 aliphatic heterocycles. The normalized spacial score (nSPS) is 12.0. The zero-order valence-electron chi connectivity index (χ0n) is 7.64. The van der Waals surface area contributed by atoms with E-state index in [9.17, 15) is 22.4 Å². The Morgan fingerprint density at radius 2 is 1.94 bits per heavy atom. The zero-order chi connectivity index (χ0) is 11.9. The first-order chi connectivity index (χ1) is 7.43. The van der Waals surface area contributed by atoms with Crippen LogP contribution in [0.25, 0.3) is 11.0 Å².